The minimum absolute atomic E-state index is 0.0189. The van der Waals surface area contributed by atoms with Crippen LogP contribution >= 0.6 is 11.6 Å². The molecule has 2 aromatic carbocycles. The van der Waals surface area contributed by atoms with Gasteiger partial charge in [0.25, 0.3) is 0 Å². The normalized spacial score (nSPS) is 21.0. The summed E-state index contributed by atoms with van der Waals surface area (Å²) in [6.07, 6.45) is 1.30. The largest absolute Gasteiger partial charge is 0.495 e. The summed E-state index contributed by atoms with van der Waals surface area (Å²) in [5.41, 5.74) is 8.35. The third kappa shape index (κ3) is 3.31. The number of carbonyl (C=O) groups is 3. The first kappa shape index (κ1) is 24.9. The number of aryl methyl sites for hydroxylation is 1. The van der Waals surface area contributed by atoms with Crippen molar-refractivity contribution in [1.29, 1.82) is 0 Å². The number of nitrogens with two attached hydrogens (primary N) is 1. The zero-order valence-corrected chi connectivity index (χ0v) is 21.9. The Hall–Kier alpha value is -3.78. The van der Waals surface area contributed by atoms with Crippen molar-refractivity contribution >= 4 is 40.6 Å². The highest BCUT2D eigenvalue weighted by Gasteiger charge is 2.63. The number of esters is 1. The van der Waals surface area contributed by atoms with Crippen molar-refractivity contribution in [3.8, 4) is 5.75 Å². The van der Waals surface area contributed by atoms with Crippen molar-refractivity contribution in [2.45, 2.75) is 38.5 Å². The predicted molar refractivity (Wildman–Crippen MR) is 140 cm³/mol. The van der Waals surface area contributed by atoms with Crippen molar-refractivity contribution in [3.05, 3.63) is 75.2 Å². The monoisotopic (exact) mass is 521 g/mol. The van der Waals surface area contributed by atoms with E-state index in [4.69, 9.17) is 26.8 Å². The molecule has 1 aliphatic carbocycles. The van der Waals surface area contributed by atoms with E-state index in [0.29, 0.717) is 46.2 Å². The zero-order valence-electron chi connectivity index (χ0n) is 21.2. The van der Waals surface area contributed by atoms with E-state index < -0.39 is 17.3 Å². The Morgan fingerprint density at radius 3 is 2.59 bits per heavy atom. The van der Waals surface area contributed by atoms with Gasteiger partial charge in [-0.3, -0.25) is 14.5 Å². The fraction of sp³-hybridized carbons (Fsp3) is 0.321. The minimum Gasteiger partial charge on any atom is -0.495 e. The second-order valence-corrected chi connectivity index (χ2v) is 9.73. The summed E-state index contributed by atoms with van der Waals surface area (Å²) in [5.74, 6) is -0.939. The van der Waals surface area contributed by atoms with E-state index in [-0.39, 0.29) is 35.8 Å². The van der Waals surface area contributed by atoms with Gasteiger partial charge in [0.15, 0.2) is 5.78 Å². The number of likely N-dealkylation sites (N-methyl/N-ethyl adjacent to an activating group) is 1. The molecule has 3 aliphatic rings. The molecule has 2 aromatic rings. The number of anilines is 2. The molecule has 5 rings (SSSR count). The summed E-state index contributed by atoms with van der Waals surface area (Å²) < 4.78 is 11.1. The Balaban J connectivity index is 1.93. The van der Waals surface area contributed by atoms with Gasteiger partial charge in [0, 0.05) is 47.1 Å². The number of allylic oxidation sites excluding steroid dienone is 1. The number of halogens is 1. The topological polar surface area (TPSA) is 102 Å². The SMILES string of the molecule is CCOC(=O)C1=C(N)N(c2cc(C)c(Cl)cc2OC)C2=C(C(=O)CCC2)C12C(=O)N(C)c1ccccc12. The second-order valence-electron chi connectivity index (χ2n) is 9.32. The van der Waals surface area contributed by atoms with Crippen LogP contribution in [0.1, 0.15) is 37.3 Å². The summed E-state index contributed by atoms with van der Waals surface area (Å²) in [4.78, 5) is 44.9. The summed E-state index contributed by atoms with van der Waals surface area (Å²) in [6, 6.07) is 10.6. The number of hydrogen-bond donors (Lipinski definition) is 1. The van der Waals surface area contributed by atoms with Crippen molar-refractivity contribution in [1.82, 2.24) is 0 Å². The van der Waals surface area contributed by atoms with Crippen LogP contribution in [0.3, 0.4) is 0 Å². The summed E-state index contributed by atoms with van der Waals surface area (Å²) in [5, 5.41) is 0.498. The highest BCUT2D eigenvalue weighted by Crippen LogP contribution is 2.57. The van der Waals surface area contributed by atoms with Crippen molar-refractivity contribution in [3.63, 3.8) is 0 Å². The lowest BCUT2D eigenvalue weighted by Gasteiger charge is -2.45. The molecule has 2 heterocycles. The molecule has 1 spiro atoms. The van der Waals surface area contributed by atoms with Gasteiger partial charge in [-0.25, -0.2) is 4.79 Å². The number of hydrogen-bond acceptors (Lipinski definition) is 7. The van der Waals surface area contributed by atoms with Crippen molar-refractivity contribution < 1.29 is 23.9 Å². The number of para-hydroxylation sites is 1. The molecule has 1 atom stereocenters. The van der Waals surface area contributed by atoms with Gasteiger partial charge in [-0.15, -0.1) is 0 Å². The average molecular weight is 522 g/mol. The van der Waals surface area contributed by atoms with Gasteiger partial charge in [-0.1, -0.05) is 29.8 Å². The van der Waals surface area contributed by atoms with E-state index in [1.807, 2.05) is 13.0 Å². The van der Waals surface area contributed by atoms with Gasteiger partial charge in [0.05, 0.1) is 19.4 Å². The standard InChI is InChI=1S/C28H28ClN3O5/c1-5-37-26(34)24-25(30)32(20-13-15(2)17(29)14-22(20)36-4)19-11-8-12-21(33)23(19)28(24)16-9-6-7-10-18(16)31(3)27(28)35/h6-7,9-10,13-14H,5,8,11-12,30H2,1-4H3. The number of benzene rings is 2. The summed E-state index contributed by atoms with van der Waals surface area (Å²) in [7, 11) is 3.15. The van der Waals surface area contributed by atoms with Crippen LogP contribution in [0.2, 0.25) is 5.02 Å². The van der Waals surface area contributed by atoms with E-state index in [9.17, 15) is 14.4 Å². The number of amides is 1. The molecule has 8 nitrogen and oxygen atoms in total. The predicted octanol–water partition coefficient (Wildman–Crippen LogP) is 4.13. The Morgan fingerprint density at radius 2 is 1.89 bits per heavy atom. The lowest BCUT2D eigenvalue weighted by atomic mass is 9.63. The molecule has 2 N–H and O–H groups in total. The van der Waals surface area contributed by atoms with Crippen molar-refractivity contribution in [2.24, 2.45) is 5.73 Å². The number of ketones is 1. The van der Waals surface area contributed by atoms with Crippen LogP contribution < -0.4 is 20.3 Å². The van der Waals surface area contributed by atoms with Gasteiger partial charge in [0.1, 0.15) is 22.6 Å². The molecular weight excluding hydrogens is 494 g/mol. The number of fused-ring (bicyclic) bond motifs is 3. The first-order valence-electron chi connectivity index (χ1n) is 12.2. The molecule has 37 heavy (non-hydrogen) atoms. The number of Topliss-reactive ketones (excluding diaryl/α,β-unsaturated/α-hetero) is 1. The molecule has 2 aliphatic heterocycles. The van der Waals surface area contributed by atoms with Crippen LogP contribution in [-0.4, -0.2) is 38.4 Å². The van der Waals surface area contributed by atoms with Crippen LogP contribution in [-0.2, 0) is 24.5 Å². The Labute approximate surface area is 220 Å². The molecule has 0 bridgehead atoms. The average Bonchev–Trinajstić information content (AvgIpc) is 3.09. The van der Waals surface area contributed by atoms with E-state index in [1.54, 1.807) is 49.2 Å². The highest BCUT2D eigenvalue weighted by atomic mass is 35.5. The Kier molecular flexibility index (Phi) is 6.02. The third-order valence-electron chi connectivity index (χ3n) is 7.38. The number of carbonyl (C=O) groups excluding carboxylic acids is 3. The number of nitrogens with zero attached hydrogens (tertiary/aromatic N) is 2. The van der Waals surface area contributed by atoms with Crippen LogP contribution in [0.5, 0.6) is 5.75 Å². The smallest absolute Gasteiger partial charge is 0.339 e. The second kappa shape index (κ2) is 8.95. The van der Waals surface area contributed by atoms with Gasteiger partial charge < -0.3 is 20.1 Å². The molecule has 0 fully saturated rings. The maximum absolute atomic E-state index is 14.3. The van der Waals surface area contributed by atoms with Crippen LogP contribution in [0.15, 0.2) is 59.1 Å². The number of methoxy groups -OCH3 is 1. The molecule has 192 valence electrons. The van der Waals surface area contributed by atoms with Gasteiger partial charge in [-0.05, 0) is 44.4 Å². The van der Waals surface area contributed by atoms with E-state index in [1.165, 1.54) is 12.0 Å². The molecule has 0 radical (unpaired) electrons. The van der Waals surface area contributed by atoms with Crippen LogP contribution in [0.4, 0.5) is 11.4 Å². The maximum Gasteiger partial charge on any atom is 0.339 e. The number of ether oxygens (including phenoxy) is 2. The first-order valence-corrected chi connectivity index (χ1v) is 12.5. The van der Waals surface area contributed by atoms with Gasteiger partial charge >= 0.3 is 5.97 Å². The molecule has 9 heteroatoms. The van der Waals surface area contributed by atoms with Crippen LogP contribution in [0.25, 0.3) is 0 Å². The molecule has 1 unspecified atom stereocenters. The molecular formula is C28H28ClN3O5. The summed E-state index contributed by atoms with van der Waals surface area (Å²) in [6.45, 7) is 3.59. The van der Waals surface area contributed by atoms with E-state index in [2.05, 4.69) is 0 Å². The third-order valence-corrected chi connectivity index (χ3v) is 7.78. The molecule has 0 saturated carbocycles. The van der Waals surface area contributed by atoms with E-state index in [0.717, 1.165) is 5.56 Å². The molecule has 0 saturated heterocycles. The zero-order chi connectivity index (χ0) is 26.6. The van der Waals surface area contributed by atoms with Crippen molar-refractivity contribution in [2.75, 3.05) is 30.6 Å². The number of rotatable bonds is 4. The Morgan fingerprint density at radius 1 is 1.16 bits per heavy atom. The Bertz CT molecular complexity index is 1430. The van der Waals surface area contributed by atoms with Gasteiger partial charge in [-0.2, -0.15) is 0 Å². The first-order chi connectivity index (χ1) is 17.7. The summed E-state index contributed by atoms with van der Waals surface area (Å²) >= 11 is 6.38. The quantitative estimate of drug-likeness (QED) is 0.603. The van der Waals surface area contributed by atoms with Gasteiger partial charge in [0.2, 0.25) is 5.91 Å². The van der Waals surface area contributed by atoms with Crippen LogP contribution in [0, 0.1) is 6.92 Å². The highest BCUT2D eigenvalue weighted by molar-refractivity contribution is 6.31. The lowest BCUT2D eigenvalue weighted by molar-refractivity contribution is -0.140. The maximum atomic E-state index is 14.3. The molecule has 1 amide bonds. The fourth-order valence-corrected chi connectivity index (χ4v) is 5.97. The van der Waals surface area contributed by atoms with E-state index >= 15 is 0 Å². The minimum atomic E-state index is -1.71. The fourth-order valence-electron chi connectivity index (χ4n) is 5.82. The molecule has 0 aromatic heterocycles. The lowest BCUT2D eigenvalue weighted by Crippen LogP contribution is -2.54.